The second kappa shape index (κ2) is 7.05. The lowest BCUT2D eigenvalue weighted by Crippen LogP contribution is -2.44. The van der Waals surface area contributed by atoms with Crippen molar-refractivity contribution in [1.82, 2.24) is 9.88 Å². The van der Waals surface area contributed by atoms with Gasteiger partial charge in [-0.25, -0.2) is 0 Å². The number of hydrogen-bond acceptors (Lipinski definition) is 4. The zero-order valence-electron chi connectivity index (χ0n) is 13.7. The number of anilines is 1. The van der Waals surface area contributed by atoms with E-state index in [1.807, 2.05) is 38.1 Å². The highest BCUT2D eigenvalue weighted by molar-refractivity contribution is 7.99. The lowest BCUT2D eigenvalue weighted by molar-refractivity contribution is -0.119. The SMILES string of the molecule is Cc1cccc(NC(=O)C2CSCN2C(=O)c2ccc(C)nc2)c1. The molecule has 1 aliphatic heterocycles. The molecule has 1 aromatic heterocycles. The van der Waals surface area contributed by atoms with Crippen LogP contribution in [-0.4, -0.2) is 39.4 Å². The fraction of sp³-hybridized carbons (Fsp3) is 0.278. The molecular formula is C18H19N3O2S. The molecule has 1 aromatic carbocycles. The van der Waals surface area contributed by atoms with E-state index >= 15 is 0 Å². The van der Waals surface area contributed by atoms with Crippen LogP contribution in [0.25, 0.3) is 0 Å². The first-order valence-corrected chi connectivity index (χ1v) is 8.89. The summed E-state index contributed by atoms with van der Waals surface area (Å²) in [6, 6.07) is 10.7. The molecule has 2 amide bonds. The fourth-order valence-electron chi connectivity index (χ4n) is 2.57. The molecule has 0 aliphatic carbocycles. The van der Waals surface area contributed by atoms with E-state index in [-0.39, 0.29) is 11.8 Å². The van der Waals surface area contributed by atoms with Crippen molar-refractivity contribution >= 4 is 29.3 Å². The first kappa shape index (κ1) is 16.5. The van der Waals surface area contributed by atoms with Crippen molar-refractivity contribution in [2.75, 3.05) is 16.9 Å². The average molecular weight is 341 g/mol. The summed E-state index contributed by atoms with van der Waals surface area (Å²) in [6.07, 6.45) is 1.57. The molecule has 0 radical (unpaired) electrons. The molecule has 2 heterocycles. The summed E-state index contributed by atoms with van der Waals surface area (Å²) in [5.41, 5.74) is 3.20. The van der Waals surface area contributed by atoms with Crippen LogP contribution in [0.1, 0.15) is 21.6 Å². The molecule has 1 fully saturated rings. The Morgan fingerprint density at radius 2 is 2.08 bits per heavy atom. The van der Waals surface area contributed by atoms with Gasteiger partial charge in [0.25, 0.3) is 5.91 Å². The largest absolute Gasteiger partial charge is 0.324 e. The second-order valence-electron chi connectivity index (χ2n) is 5.84. The molecule has 5 nitrogen and oxygen atoms in total. The monoisotopic (exact) mass is 341 g/mol. The highest BCUT2D eigenvalue weighted by Gasteiger charge is 2.35. The molecule has 1 aliphatic rings. The zero-order chi connectivity index (χ0) is 17.1. The third kappa shape index (κ3) is 3.59. The number of hydrogen-bond donors (Lipinski definition) is 1. The lowest BCUT2D eigenvalue weighted by Gasteiger charge is -2.23. The van der Waals surface area contributed by atoms with Crippen molar-refractivity contribution in [2.24, 2.45) is 0 Å². The molecule has 1 unspecified atom stereocenters. The van der Waals surface area contributed by atoms with Gasteiger partial charge in [-0.3, -0.25) is 14.6 Å². The number of aryl methyl sites for hydroxylation is 2. The van der Waals surface area contributed by atoms with Gasteiger partial charge in [-0.2, -0.15) is 0 Å². The number of amides is 2. The van der Waals surface area contributed by atoms with Crippen molar-refractivity contribution in [2.45, 2.75) is 19.9 Å². The first-order chi connectivity index (χ1) is 11.5. The van der Waals surface area contributed by atoms with E-state index in [1.165, 1.54) is 0 Å². The Bertz CT molecular complexity index is 761. The second-order valence-corrected chi connectivity index (χ2v) is 6.84. The van der Waals surface area contributed by atoms with E-state index in [1.54, 1.807) is 35.0 Å². The van der Waals surface area contributed by atoms with Gasteiger partial charge in [-0.15, -0.1) is 11.8 Å². The minimum atomic E-state index is -0.468. The molecule has 3 rings (SSSR count). The molecule has 0 bridgehead atoms. The van der Waals surface area contributed by atoms with Crippen LogP contribution >= 0.6 is 11.8 Å². The fourth-order valence-corrected chi connectivity index (χ4v) is 3.72. The highest BCUT2D eigenvalue weighted by Crippen LogP contribution is 2.24. The summed E-state index contributed by atoms with van der Waals surface area (Å²) < 4.78 is 0. The number of thioether (sulfide) groups is 1. The molecule has 1 atom stereocenters. The molecule has 1 N–H and O–H groups in total. The molecular weight excluding hydrogens is 322 g/mol. The van der Waals surface area contributed by atoms with E-state index in [0.717, 1.165) is 16.9 Å². The van der Waals surface area contributed by atoms with E-state index < -0.39 is 6.04 Å². The number of rotatable bonds is 3. The predicted molar refractivity (Wildman–Crippen MR) is 96.1 cm³/mol. The average Bonchev–Trinajstić information content (AvgIpc) is 3.04. The Labute approximate surface area is 145 Å². The van der Waals surface area contributed by atoms with E-state index in [9.17, 15) is 9.59 Å². The van der Waals surface area contributed by atoms with Gasteiger partial charge in [-0.05, 0) is 43.7 Å². The Morgan fingerprint density at radius 3 is 2.79 bits per heavy atom. The number of aromatic nitrogens is 1. The minimum absolute atomic E-state index is 0.154. The van der Waals surface area contributed by atoms with Crippen LogP contribution < -0.4 is 5.32 Å². The maximum atomic E-state index is 12.7. The minimum Gasteiger partial charge on any atom is -0.324 e. The van der Waals surface area contributed by atoms with E-state index in [2.05, 4.69) is 10.3 Å². The molecule has 1 saturated heterocycles. The van der Waals surface area contributed by atoms with Gasteiger partial charge in [0.1, 0.15) is 6.04 Å². The molecule has 0 saturated carbocycles. The van der Waals surface area contributed by atoms with Gasteiger partial charge in [0.2, 0.25) is 5.91 Å². The van der Waals surface area contributed by atoms with Gasteiger partial charge < -0.3 is 10.2 Å². The zero-order valence-corrected chi connectivity index (χ0v) is 14.5. The first-order valence-electron chi connectivity index (χ1n) is 7.73. The van der Waals surface area contributed by atoms with Gasteiger partial charge in [0, 0.05) is 23.3 Å². The normalized spacial score (nSPS) is 16.9. The summed E-state index contributed by atoms with van der Waals surface area (Å²) in [5, 5.41) is 2.91. The van der Waals surface area contributed by atoms with Crippen molar-refractivity contribution in [1.29, 1.82) is 0 Å². The Balaban J connectivity index is 1.73. The number of pyridine rings is 1. The summed E-state index contributed by atoms with van der Waals surface area (Å²) in [4.78, 5) is 31.0. The van der Waals surface area contributed by atoms with Crippen LogP contribution in [-0.2, 0) is 4.79 Å². The maximum absolute atomic E-state index is 12.7. The van der Waals surface area contributed by atoms with Gasteiger partial charge in [0.05, 0.1) is 11.4 Å². The van der Waals surface area contributed by atoms with Crippen LogP contribution in [0.4, 0.5) is 5.69 Å². The van der Waals surface area contributed by atoms with Gasteiger partial charge in [0.15, 0.2) is 0 Å². The maximum Gasteiger partial charge on any atom is 0.256 e. The number of nitrogens with one attached hydrogen (secondary N) is 1. The molecule has 24 heavy (non-hydrogen) atoms. The van der Waals surface area contributed by atoms with E-state index in [4.69, 9.17) is 0 Å². The van der Waals surface area contributed by atoms with Crippen LogP contribution in [0.2, 0.25) is 0 Å². The number of nitrogens with zero attached hydrogens (tertiary/aromatic N) is 2. The van der Waals surface area contributed by atoms with Crippen LogP contribution in [0.15, 0.2) is 42.6 Å². The van der Waals surface area contributed by atoms with Crippen molar-refractivity contribution < 1.29 is 9.59 Å². The predicted octanol–water partition coefficient (Wildman–Crippen LogP) is 2.85. The standard InChI is InChI=1S/C18H19N3O2S/c1-12-4-3-5-15(8-12)20-17(22)16-10-24-11-21(16)18(23)14-7-6-13(2)19-9-14/h3-9,16H,10-11H2,1-2H3,(H,20,22). The number of carbonyl (C=O) groups excluding carboxylic acids is 2. The molecule has 124 valence electrons. The number of benzene rings is 1. The number of carbonyl (C=O) groups is 2. The van der Waals surface area contributed by atoms with Crippen LogP contribution in [0.5, 0.6) is 0 Å². The third-order valence-corrected chi connectivity index (χ3v) is 4.90. The Kier molecular flexibility index (Phi) is 4.85. The quantitative estimate of drug-likeness (QED) is 0.932. The van der Waals surface area contributed by atoms with Crippen molar-refractivity contribution in [3.05, 3.63) is 59.4 Å². The topological polar surface area (TPSA) is 62.3 Å². The summed E-state index contributed by atoms with van der Waals surface area (Å²) in [7, 11) is 0. The lowest BCUT2D eigenvalue weighted by atomic mass is 10.2. The highest BCUT2D eigenvalue weighted by atomic mass is 32.2. The van der Waals surface area contributed by atoms with Crippen molar-refractivity contribution in [3.8, 4) is 0 Å². The Morgan fingerprint density at radius 1 is 1.25 bits per heavy atom. The molecule has 6 heteroatoms. The van der Waals surface area contributed by atoms with E-state index in [0.29, 0.717) is 17.2 Å². The van der Waals surface area contributed by atoms with Crippen molar-refractivity contribution in [3.63, 3.8) is 0 Å². The van der Waals surface area contributed by atoms with Gasteiger partial charge >= 0.3 is 0 Å². The van der Waals surface area contributed by atoms with Crippen LogP contribution in [0.3, 0.4) is 0 Å². The summed E-state index contributed by atoms with van der Waals surface area (Å²) in [5.74, 6) is 0.803. The van der Waals surface area contributed by atoms with Crippen LogP contribution in [0, 0.1) is 13.8 Å². The smallest absolute Gasteiger partial charge is 0.256 e. The summed E-state index contributed by atoms with van der Waals surface area (Å²) >= 11 is 1.58. The third-order valence-electron chi connectivity index (χ3n) is 3.89. The molecule has 2 aromatic rings. The Hall–Kier alpha value is -2.34. The summed E-state index contributed by atoms with van der Waals surface area (Å²) in [6.45, 7) is 3.85. The molecule has 0 spiro atoms. The van der Waals surface area contributed by atoms with Gasteiger partial charge in [-0.1, -0.05) is 12.1 Å².